The van der Waals surface area contributed by atoms with Gasteiger partial charge in [-0.05, 0) is 44.0 Å². The van der Waals surface area contributed by atoms with Gasteiger partial charge in [-0.3, -0.25) is 4.79 Å². The highest BCUT2D eigenvalue weighted by Gasteiger charge is 2.28. The van der Waals surface area contributed by atoms with E-state index in [9.17, 15) is 13.2 Å². The van der Waals surface area contributed by atoms with Crippen LogP contribution in [0.1, 0.15) is 32.1 Å². The topological polar surface area (TPSA) is 82.2 Å². The van der Waals surface area contributed by atoms with E-state index < -0.39 is 10.0 Å². The van der Waals surface area contributed by atoms with Crippen molar-refractivity contribution in [2.75, 3.05) is 69.7 Å². The number of nitrogens with zero attached hydrogens (tertiary/aromatic N) is 3. The first-order chi connectivity index (χ1) is 14.9. The Bertz CT molecular complexity index is 871. The summed E-state index contributed by atoms with van der Waals surface area (Å²) in [7, 11) is -1.53. The van der Waals surface area contributed by atoms with E-state index in [0.717, 1.165) is 44.7 Å². The van der Waals surface area contributed by atoms with Crippen LogP contribution < -0.4 is 10.2 Å². The highest BCUT2D eigenvalue weighted by molar-refractivity contribution is 7.89. The number of benzene rings is 1. The standard InChI is InChI=1S/C22H34N4O4S/c1-24-8-10-25(11-9-24)21-7-6-19(31(28,29)26-12-14-30-15-13-26)17-20(21)23-22(27)16-18-4-2-3-5-18/h6-7,17-18H,2-5,8-16H2,1H3,(H,23,27). The Kier molecular flexibility index (Phi) is 7.15. The lowest BCUT2D eigenvalue weighted by Crippen LogP contribution is -2.44. The molecule has 1 amide bonds. The second-order valence-electron chi connectivity index (χ2n) is 8.89. The lowest BCUT2D eigenvalue weighted by Gasteiger charge is -2.35. The molecule has 3 aliphatic rings. The van der Waals surface area contributed by atoms with E-state index in [2.05, 4.69) is 22.2 Å². The van der Waals surface area contributed by atoms with Crippen molar-refractivity contribution in [2.45, 2.75) is 37.0 Å². The summed E-state index contributed by atoms with van der Waals surface area (Å²) in [6.07, 6.45) is 5.09. The van der Waals surface area contributed by atoms with Crippen molar-refractivity contribution in [3.8, 4) is 0 Å². The third-order valence-electron chi connectivity index (χ3n) is 6.64. The molecule has 0 aromatic heterocycles. The van der Waals surface area contributed by atoms with E-state index in [4.69, 9.17) is 4.74 Å². The number of rotatable bonds is 6. The van der Waals surface area contributed by atoms with Crippen molar-refractivity contribution in [2.24, 2.45) is 5.92 Å². The van der Waals surface area contributed by atoms with Crippen LogP contribution in [0.25, 0.3) is 0 Å². The number of sulfonamides is 1. The van der Waals surface area contributed by atoms with Gasteiger partial charge in [0.1, 0.15) is 0 Å². The summed E-state index contributed by atoms with van der Waals surface area (Å²) in [6, 6.07) is 5.17. The Labute approximate surface area is 185 Å². The average Bonchev–Trinajstić information content (AvgIpc) is 3.28. The van der Waals surface area contributed by atoms with Crippen molar-refractivity contribution < 1.29 is 17.9 Å². The van der Waals surface area contributed by atoms with Crippen LogP contribution in [0.5, 0.6) is 0 Å². The van der Waals surface area contributed by atoms with Gasteiger partial charge in [-0.25, -0.2) is 8.42 Å². The molecule has 31 heavy (non-hydrogen) atoms. The number of piperazine rings is 1. The molecule has 3 fully saturated rings. The van der Waals surface area contributed by atoms with Gasteiger partial charge in [0.15, 0.2) is 0 Å². The summed E-state index contributed by atoms with van der Waals surface area (Å²) in [4.78, 5) is 17.5. The van der Waals surface area contributed by atoms with Crippen LogP contribution in [-0.4, -0.2) is 83.1 Å². The molecule has 0 unspecified atom stereocenters. The van der Waals surface area contributed by atoms with Crippen molar-refractivity contribution in [3.63, 3.8) is 0 Å². The molecule has 9 heteroatoms. The average molecular weight is 451 g/mol. The smallest absolute Gasteiger partial charge is 0.243 e. The van der Waals surface area contributed by atoms with Gasteiger partial charge in [-0.15, -0.1) is 0 Å². The van der Waals surface area contributed by atoms with Crippen LogP contribution in [0.3, 0.4) is 0 Å². The molecule has 1 N–H and O–H groups in total. The minimum Gasteiger partial charge on any atom is -0.379 e. The molecule has 1 aromatic rings. The number of hydrogen-bond acceptors (Lipinski definition) is 6. The zero-order valence-electron chi connectivity index (χ0n) is 18.4. The number of morpholine rings is 1. The minimum atomic E-state index is -3.62. The molecule has 2 heterocycles. The highest BCUT2D eigenvalue weighted by atomic mass is 32.2. The maximum atomic E-state index is 13.2. The SMILES string of the molecule is CN1CCN(c2ccc(S(=O)(=O)N3CCOCC3)cc2NC(=O)CC2CCCC2)CC1. The maximum absolute atomic E-state index is 13.2. The first kappa shape index (κ1) is 22.5. The minimum absolute atomic E-state index is 0.0248. The Hall–Kier alpha value is -1.68. The molecule has 172 valence electrons. The predicted octanol–water partition coefficient (Wildman–Crippen LogP) is 1.98. The normalized spacial score (nSPS) is 22.0. The largest absolute Gasteiger partial charge is 0.379 e. The zero-order chi connectivity index (χ0) is 21.8. The number of ether oxygens (including phenoxy) is 1. The Morgan fingerprint density at radius 2 is 1.74 bits per heavy atom. The van der Waals surface area contributed by atoms with Gasteiger partial charge in [0.25, 0.3) is 0 Å². The Morgan fingerprint density at radius 1 is 1.06 bits per heavy atom. The van der Waals surface area contributed by atoms with Gasteiger partial charge in [0.05, 0.1) is 29.5 Å². The summed E-state index contributed by atoms with van der Waals surface area (Å²) in [5.74, 6) is 0.413. The van der Waals surface area contributed by atoms with Crippen LogP contribution in [0.15, 0.2) is 23.1 Å². The van der Waals surface area contributed by atoms with Crippen molar-refractivity contribution in [1.29, 1.82) is 0 Å². The number of carbonyl (C=O) groups is 1. The zero-order valence-corrected chi connectivity index (χ0v) is 19.2. The maximum Gasteiger partial charge on any atom is 0.243 e. The third-order valence-corrected chi connectivity index (χ3v) is 8.54. The molecule has 0 spiro atoms. The molecule has 2 aliphatic heterocycles. The molecule has 8 nitrogen and oxygen atoms in total. The number of nitrogens with one attached hydrogen (secondary N) is 1. The quantitative estimate of drug-likeness (QED) is 0.714. The van der Waals surface area contributed by atoms with Crippen molar-refractivity contribution in [3.05, 3.63) is 18.2 Å². The number of hydrogen-bond donors (Lipinski definition) is 1. The molecule has 1 aliphatic carbocycles. The summed E-state index contributed by atoms with van der Waals surface area (Å²) >= 11 is 0. The van der Waals surface area contributed by atoms with Crippen LogP contribution in [0.4, 0.5) is 11.4 Å². The molecule has 0 bridgehead atoms. The fourth-order valence-corrected chi connectivity index (χ4v) is 6.15. The van der Waals surface area contributed by atoms with E-state index >= 15 is 0 Å². The monoisotopic (exact) mass is 450 g/mol. The van der Waals surface area contributed by atoms with E-state index in [0.29, 0.717) is 44.3 Å². The first-order valence-electron chi connectivity index (χ1n) is 11.4. The van der Waals surface area contributed by atoms with Gasteiger partial charge in [0.2, 0.25) is 15.9 Å². The van der Waals surface area contributed by atoms with Gasteiger partial charge < -0.3 is 19.9 Å². The molecule has 2 saturated heterocycles. The molecular formula is C22H34N4O4S. The van der Waals surface area contributed by atoms with Crippen LogP contribution in [-0.2, 0) is 19.6 Å². The van der Waals surface area contributed by atoms with Gasteiger partial charge in [-0.2, -0.15) is 4.31 Å². The lowest BCUT2D eigenvalue weighted by atomic mass is 10.0. The lowest BCUT2D eigenvalue weighted by molar-refractivity contribution is -0.117. The number of anilines is 2. The van der Waals surface area contributed by atoms with Gasteiger partial charge in [0, 0.05) is 45.7 Å². The molecule has 0 radical (unpaired) electrons. The predicted molar refractivity (Wildman–Crippen MR) is 121 cm³/mol. The number of likely N-dealkylation sites (N-methyl/N-ethyl adjacent to an activating group) is 1. The summed E-state index contributed by atoms with van der Waals surface area (Å²) < 4.78 is 33.1. The molecule has 0 atom stereocenters. The second-order valence-corrected chi connectivity index (χ2v) is 10.8. The van der Waals surface area contributed by atoms with Crippen LogP contribution in [0.2, 0.25) is 0 Å². The fraction of sp³-hybridized carbons (Fsp3) is 0.682. The van der Waals surface area contributed by atoms with Crippen molar-refractivity contribution >= 4 is 27.3 Å². The Balaban J connectivity index is 1.59. The van der Waals surface area contributed by atoms with Crippen LogP contribution in [0, 0.1) is 5.92 Å². The fourth-order valence-electron chi connectivity index (χ4n) is 4.71. The summed E-state index contributed by atoms with van der Waals surface area (Å²) in [5, 5.41) is 3.06. The summed E-state index contributed by atoms with van der Waals surface area (Å²) in [5.41, 5.74) is 1.50. The second kappa shape index (κ2) is 9.85. The molecular weight excluding hydrogens is 416 g/mol. The molecule has 1 aromatic carbocycles. The first-order valence-corrected chi connectivity index (χ1v) is 12.8. The van der Waals surface area contributed by atoms with Gasteiger partial charge in [-0.1, -0.05) is 12.8 Å². The van der Waals surface area contributed by atoms with Gasteiger partial charge >= 0.3 is 0 Å². The number of carbonyl (C=O) groups excluding carboxylic acids is 1. The molecule has 1 saturated carbocycles. The van der Waals surface area contributed by atoms with E-state index in [-0.39, 0.29) is 10.8 Å². The number of amides is 1. The third kappa shape index (κ3) is 5.39. The van der Waals surface area contributed by atoms with E-state index in [1.807, 2.05) is 6.07 Å². The molecule has 4 rings (SSSR count). The van der Waals surface area contributed by atoms with E-state index in [1.54, 1.807) is 12.1 Å². The highest BCUT2D eigenvalue weighted by Crippen LogP contribution is 2.33. The summed E-state index contributed by atoms with van der Waals surface area (Å²) in [6.45, 7) is 5.08. The van der Waals surface area contributed by atoms with Crippen LogP contribution >= 0.6 is 0 Å². The van der Waals surface area contributed by atoms with E-state index in [1.165, 1.54) is 17.1 Å². The Morgan fingerprint density at radius 3 is 2.42 bits per heavy atom. The van der Waals surface area contributed by atoms with Crippen molar-refractivity contribution in [1.82, 2.24) is 9.21 Å².